The number of benzene rings is 1. The zero-order chi connectivity index (χ0) is 28.8. The Kier molecular flexibility index (Phi) is 8.76. The van der Waals surface area contributed by atoms with Crippen LogP contribution in [0.1, 0.15) is 29.7 Å². The second-order valence-corrected chi connectivity index (χ2v) is 10.6. The maximum absolute atomic E-state index is 11.8. The largest absolute Gasteiger partial charge is 0.497 e. The van der Waals surface area contributed by atoms with E-state index < -0.39 is 5.91 Å². The third-order valence-corrected chi connectivity index (χ3v) is 7.78. The number of anilines is 1. The lowest BCUT2D eigenvalue weighted by atomic mass is 9.97. The number of aromatic nitrogens is 3. The van der Waals surface area contributed by atoms with Crippen molar-refractivity contribution < 1.29 is 19.1 Å². The van der Waals surface area contributed by atoms with Gasteiger partial charge in [0.15, 0.2) is 0 Å². The van der Waals surface area contributed by atoms with Gasteiger partial charge in [-0.25, -0.2) is 9.97 Å². The Bertz CT molecular complexity index is 1530. The SMILES string of the molecule is COc1ccc(-c2ncc(CNCC3CCN(c4nccc(/C=C5\SC(=O)NC5=O)n4)CC3)cc2C#N)c(OC)c1. The highest BCUT2D eigenvalue weighted by molar-refractivity contribution is 8.18. The molecule has 1 aromatic carbocycles. The average Bonchev–Trinajstić information content (AvgIpc) is 3.32. The van der Waals surface area contributed by atoms with Gasteiger partial charge in [0, 0.05) is 43.7 Å². The molecular formula is C29H29N7O4S. The Balaban J connectivity index is 1.14. The number of nitriles is 1. The Labute approximate surface area is 242 Å². The van der Waals surface area contributed by atoms with Crippen LogP contribution in [0.3, 0.4) is 0 Å². The van der Waals surface area contributed by atoms with Gasteiger partial charge in [-0.1, -0.05) is 0 Å². The summed E-state index contributed by atoms with van der Waals surface area (Å²) in [6.07, 6.45) is 7.03. The number of hydrogen-bond acceptors (Lipinski definition) is 11. The summed E-state index contributed by atoms with van der Waals surface area (Å²) < 4.78 is 10.8. The molecule has 41 heavy (non-hydrogen) atoms. The van der Waals surface area contributed by atoms with Crippen molar-refractivity contribution in [3.63, 3.8) is 0 Å². The second kappa shape index (κ2) is 12.8. The van der Waals surface area contributed by atoms with Gasteiger partial charge in [0.2, 0.25) is 5.95 Å². The minimum Gasteiger partial charge on any atom is -0.497 e. The van der Waals surface area contributed by atoms with Crippen molar-refractivity contribution in [3.8, 4) is 28.8 Å². The molecule has 5 rings (SSSR count). The van der Waals surface area contributed by atoms with Crippen LogP contribution in [0.15, 0.2) is 47.6 Å². The van der Waals surface area contributed by atoms with E-state index in [0.717, 1.165) is 55.4 Å². The summed E-state index contributed by atoms with van der Waals surface area (Å²) in [4.78, 5) is 39.3. The van der Waals surface area contributed by atoms with E-state index in [1.54, 1.807) is 44.8 Å². The molecule has 2 fully saturated rings. The highest BCUT2D eigenvalue weighted by Gasteiger charge is 2.26. The summed E-state index contributed by atoms with van der Waals surface area (Å²) in [5.41, 5.74) is 3.32. The zero-order valence-electron chi connectivity index (χ0n) is 22.7. The first-order chi connectivity index (χ1) is 20.0. The zero-order valence-corrected chi connectivity index (χ0v) is 23.5. The molecule has 4 heterocycles. The molecule has 2 amide bonds. The molecule has 2 saturated heterocycles. The van der Waals surface area contributed by atoms with E-state index in [1.165, 1.54) is 0 Å². The number of amides is 2. The number of methoxy groups -OCH3 is 2. The van der Waals surface area contributed by atoms with Crippen LogP contribution < -0.4 is 25.0 Å². The minimum absolute atomic E-state index is 0.330. The Hall–Kier alpha value is -4.47. The Morgan fingerprint density at radius 3 is 2.71 bits per heavy atom. The van der Waals surface area contributed by atoms with Crippen LogP contribution in [0.2, 0.25) is 0 Å². The van der Waals surface area contributed by atoms with Crippen molar-refractivity contribution >= 4 is 34.9 Å². The number of thioether (sulfide) groups is 1. The molecule has 11 nitrogen and oxygen atoms in total. The van der Waals surface area contributed by atoms with Crippen LogP contribution in [0.5, 0.6) is 11.5 Å². The summed E-state index contributed by atoms with van der Waals surface area (Å²) in [7, 11) is 3.17. The number of piperidine rings is 1. The molecule has 2 aliphatic heterocycles. The van der Waals surface area contributed by atoms with E-state index in [1.807, 2.05) is 18.2 Å². The lowest BCUT2D eigenvalue weighted by Crippen LogP contribution is -2.38. The quantitative estimate of drug-likeness (QED) is 0.363. The molecule has 2 aliphatic rings. The van der Waals surface area contributed by atoms with Crippen molar-refractivity contribution in [2.45, 2.75) is 19.4 Å². The van der Waals surface area contributed by atoms with Crippen molar-refractivity contribution in [2.24, 2.45) is 5.92 Å². The summed E-state index contributed by atoms with van der Waals surface area (Å²) in [5.74, 6) is 1.97. The number of rotatable bonds is 9. The van der Waals surface area contributed by atoms with Crippen LogP contribution in [0.4, 0.5) is 10.7 Å². The molecule has 0 atom stereocenters. The summed E-state index contributed by atoms with van der Waals surface area (Å²) in [6, 6.07) is 11.3. The van der Waals surface area contributed by atoms with Gasteiger partial charge in [-0.2, -0.15) is 5.26 Å². The second-order valence-electron chi connectivity index (χ2n) is 9.61. The van der Waals surface area contributed by atoms with E-state index in [-0.39, 0.29) is 5.24 Å². The lowest BCUT2D eigenvalue weighted by molar-refractivity contribution is -0.115. The third-order valence-electron chi connectivity index (χ3n) is 6.97. The van der Waals surface area contributed by atoms with Gasteiger partial charge in [0.1, 0.15) is 17.6 Å². The molecule has 0 bridgehead atoms. The minimum atomic E-state index is -0.401. The van der Waals surface area contributed by atoms with Crippen LogP contribution in [-0.2, 0) is 11.3 Å². The number of nitrogens with zero attached hydrogens (tertiary/aromatic N) is 5. The molecule has 0 saturated carbocycles. The van der Waals surface area contributed by atoms with Crippen LogP contribution in [0.25, 0.3) is 17.3 Å². The molecule has 0 radical (unpaired) electrons. The van der Waals surface area contributed by atoms with Gasteiger partial charge in [-0.15, -0.1) is 0 Å². The lowest BCUT2D eigenvalue weighted by Gasteiger charge is -2.32. The normalized spacial score (nSPS) is 16.5. The van der Waals surface area contributed by atoms with E-state index >= 15 is 0 Å². The molecule has 3 aromatic rings. The predicted molar refractivity (Wildman–Crippen MR) is 155 cm³/mol. The number of pyridine rings is 1. The van der Waals surface area contributed by atoms with Gasteiger partial charge in [-0.3, -0.25) is 19.9 Å². The van der Waals surface area contributed by atoms with E-state index in [0.29, 0.717) is 51.8 Å². The van der Waals surface area contributed by atoms with Crippen LogP contribution in [0, 0.1) is 17.2 Å². The number of carbonyl (C=O) groups excluding carboxylic acids is 2. The van der Waals surface area contributed by atoms with Gasteiger partial charge in [0.25, 0.3) is 11.1 Å². The summed E-state index contributed by atoms with van der Waals surface area (Å²) in [5, 5.41) is 15.2. The molecule has 210 valence electrons. The Morgan fingerprint density at radius 1 is 1.17 bits per heavy atom. The monoisotopic (exact) mass is 571 g/mol. The number of nitrogens with one attached hydrogen (secondary N) is 2. The van der Waals surface area contributed by atoms with E-state index in [4.69, 9.17) is 9.47 Å². The number of imide groups is 1. The van der Waals surface area contributed by atoms with Crippen molar-refractivity contribution in [3.05, 3.63) is 64.5 Å². The first-order valence-corrected chi connectivity index (χ1v) is 13.9. The van der Waals surface area contributed by atoms with Gasteiger partial charge < -0.3 is 19.7 Å². The molecule has 2 aromatic heterocycles. The molecular weight excluding hydrogens is 542 g/mol. The predicted octanol–water partition coefficient (Wildman–Crippen LogP) is 3.76. The smallest absolute Gasteiger partial charge is 0.290 e. The molecule has 2 N–H and O–H groups in total. The molecule has 0 unspecified atom stereocenters. The first kappa shape index (κ1) is 28.1. The van der Waals surface area contributed by atoms with Crippen LogP contribution in [-0.4, -0.2) is 60.0 Å². The first-order valence-electron chi connectivity index (χ1n) is 13.1. The maximum atomic E-state index is 11.8. The maximum Gasteiger partial charge on any atom is 0.290 e. The highest BCUT2D eigenvalue weighted by atomic mass is 32.2. The fraction of sp³-hybridized carbons (Fsp3) is 0.310. The van der Waals surface area contributed by atoms with Crippen LogP contribution >= 0.6 is 11.8 Å². The Morgan fingerprint density at radius 2 is 2.00 bits per heavy atom. The fourth-order valence-electron chi connectivity index (χ4n) is 4.81. The average molecular weight is 572 g/mol. The molecule has 12 heteroatoms. The number of carbonyl (C=O) groups is 2. The van der Waals surface area contributed by atoms with Gasteiger partial charge in [-0.05, 0) is 73.0 Å². The molecule has 0 aliphatic carbocycles. The summed E-state index contributed by atoms with van der Waals surface area (Å²) in [6.45, 7) is 3.09. The topological polar surface area (TPSA) is 142 Å². The number of hydrogen-bond donors (Lipinski definition) is 2. The highest BCUT2D eigenvalue weighted by Crippen LogP contribution is 2.34. The third kappa shape index (κ3) is 6.65. The van der Waals surface area contributed by atoms with E-state index in [9.17, 15) is 14.9 Å². The van der Waals surface area contributed by atoms with Gasteiger partial charge in [0.05, 0.1) is 36.1 Å². The van der Waals surface area contributed by atoms with Crippen molar-refractivity contribution in [2.75, 3.05) is 38.8 Å². The molecule has 0 spiro atoms. The standard InChI is InChI=1S/C29H29N7O4S/c1-39-22-3-4-23(24(13-22)40-2)26-20(14-30)11-19(17-33-26)16-31-15-18-6-9-36(10-7-18)28-32-8-5-21(34-28)12-25-27(37)35-29(38)41-25/h3-5,8,11-13,17-18,31H,6-7,9-10,15-16H2,1-2H3,(H,35,37,38)/b25-12-. The summed E-state index contributed by atoms with van der Waals surface area (Å²) >= 11 is 0.872. The van der Waals surface area contributed by atoms with Crippen molar-refractivity contribution in [1.29, 1.82) is 5.26 Å². The fourth-order valence-corrected chi connectivity index (χ4v) is 5.47. The van der Waals surface area contributed by atoms with Gasteiger partial charge >= 0.3 is 0 Å². The van der Waals surface area contributed by atoms with E-state index in [2.05, 4.69) is 36.6 Å². The van der Waals surface area contributed by atoms with Crippen molar-refractivity contribution in [1.82, 2.24) is 25.6 Å². The number of ether oxygens (including phenoxy) is 2.